The van der Waals surface area contributed by atoms with Crippen molar-refractivity contribution < 1.29 is 14.5 Å². The second-order valence-electron chi connectivity index (χ2n) is 7.40. The van der Waals surface area contributed by atoms with Crippen LogP contribution in [0, 0.1) is 17.0 Å². The summed E-state index contributed by atoms with van der Waals surface area (Å²) in [5.74, 6) is -1.08. The SMILES string of the molecule is Cc1nn(-c2ccccc2)c(OC(=O)c2ccccc2Br)c1[C@@H](C[N+](=O)[O-])c1ccccc1. The standard InChI is InChI=1S/C25H20BrN3O4/c1-17-23(21(16-28(31)32)18-10-4-2-5-11-18)24(29(27-17)19-12-6-3-7-13-19)33-25(30)20-14-8-9-15-22(20)26/h2-15,21H,16H2,1H3/t21-/m0/s1. The van der Waals surface area contributed by atoms with Gasteiger partial charge in [-0.15, -0.1) is 0 Å². The quantitative estimate of drug-likeness (QED) is 0.186. The van der Waals surface area contributed by atoms with Gasteiger partial charge >= 0.3 is 5.97 Å². The van der Waals surface area contributed by atoms with Gasteiger partial charge in [0.15, 0.2) is 0 Å². The molecule has 0 spiro atoms. The Labute approximate surface area is 198 Å². The van der Waals surface area contributed by atoms with E-state index in [-0.39, 0.29) is 17.3 Å². The third-order valence-electron chi connectivity index (χ3n) is 5.23. The van der Waals surface area contributed by atoms with Crippen LogP contribution in [-0.2, 0) is 0 Å². The van der Waals surface area contributed by atoms with E-state index in [4.69, 9.17) is 4.74 Å². The highest BCUT2D eigenvalue weighted by atomic mass is 79.9. The average Bonchev–Trinajstić information content (AvgIpc) is 3.14. The van der Waals surface area contributed by atoms with Crippen molar-refractivity contribution in [2.45, 2.75) is 12.8 Å². The van der Waals surface area contributed by atoms with E-state index < -0.39 is 11.9 Å². The molecular formula is C25H20BrN3O4. The van der Waals surface area contributed by atoms with Gasteiger partial charge in [-0.05, 0) is 52.7 Å². The summed E-state index contributed by atoms with van der Waals surface area (Å²) in [6.45, 7) is 1.39. The van der Waals surface area contributed by atoms with Crippen molar-refractivity contribution in [3.05, 3.63) is 122 Å². The lowest BCUT2D eigenvalue weighted by atomic mass is 9.91. The molecule has 1 aromatic heterocycles. The van der Waals surface area contributed by atoms with Crippen LogP contribution < -0.4 is 4.74 Å². The molecular weight excluding hydrogens is 486 g/mol. The Balaban J connectivity index is 1.89. The monoisotopic (exact) mass is 505 g/mol. The summed E-state index contributed by atoms with van der Waals surface area (Å²) >= 11 is 3.38. The molecule has 0 saturated carbocycles. The van der Waals surface area contributed by atoms with Crippen molar-refractivity contribution in [2.24, 2.45) is 0 Å². The predicted molar refractivity (Wildman–Crippen MR) is 128 cm³/mol. The largest absolute Gasteiger partial charge is 0.403 e. The first kappa shape index (κ1) is 22.4. The molecule has 0 radical (unpaired) electrons. The fourth-order valence-corrected chi connectivity index (χ4v) is 4.18. The Morgan fingerprint density at radius 3 is 2.27 bits per heavy atom. The molecule has 33 heavy (non-hydrogen) atoms. The number of nitrogens with zero attached hydrogens (tertiary/aromatic N) is 3. The lowest BCUT2D eigenvalue weighted by Gasteiger charge is -2.16. The number of benzene rings is 3. The Morgan fingerprint density at radius 2 is 1.64 bits per heavy atom. The van der Waals surface area contributed by atoms with Crippen LogP contribution in [0.3, 0.4) is 0 Å². The van der Waals surface area contributed by atoms with Crippen molar-refractivity contribution in [1.82, 2.24) is 9.78 Å². The third-order valence-corrected chi connectivity index (χ3v) is 5.92. The van der Waals surface area contributed by atoms with Crippen LogP contribution in [0.25, 0.3) is 5.69 Å². The summed E-state index contributed by atoms with van der Waals surface area (Å²) in [5, 5.41) is 16.2. The van der Waals surface area contributed by atoms with Gasteiger partial charge in [-0.1, -0.05) is 60.7 Å². The zero-order chi connectivity index (χ0) is 23.4. The molecule has 0 bridgehead atoms. The minimum atomic E-state index is -0.652. The third kappa shape index (κ3) is 4.85. The molecule has 1 heterocycles. The molecule has 0 fully saturated rings. The Morgan fingerprint density at radius 1 is 1.03 bits per heavy atom. The number of ether oxygens (including phenoxy) is 1. The molecule has 3 aromatic carbocycles. The summed E-state index contributed by atoms with van der Waals surface area (Å²) in [6, 6.07) is 25.3. The average molecular weight is 506 g/mol. The van der Waals surface area contributed by atoms with Crippen molar-refractivity contribution in [3.8, 4) is 11.6 Å². The fraction of sp³-hybridized carbons (Fsp3) is 0.120. The van der Waals surface area contributed by atoms with Crippen molar-refractivity contribution in [2.75, 3.05) is 6.54 Å². The number of carbonyl (C=O) groups excluding carboxylic acids is 1. The normalized spacial score (nSPS) is 11.7. The van der Waals surface area contributed by atoms with Crippen LogP contribution in [0.2, 0.25) is 0 Å². The zero-order valence-electron chi connectivity index (χ0n) is 17.7. The molecule has 4 rings (SSSR count). The number of para-hydroxylation sites is 1. The highest BCUT2D eigenvalue weighted by molar-refractivity contribution is 9.10. The highest BCUT2D eigenvalue weighted by Crippen LogP contribution is 2.37. The maximum Gasteiger partial charge on any atom is 0.346 e. The maximum absolute atomic E-state index is 13.1. The van der Waals surface area contributed by atoms with E-state index in [2.05, 4.69) is 21.0 Å². The summed E-state index contributed by atoms with van der Waals surface area (Å²) in [4.78, 5) is 24.4. The van der Waals surface area contributed by atoms with E-state index in [9.17, 15) is 14.9 Å². The lowest BCUT2D eigenvalue weighted by Crippen LogP contribution is -2.18. The molecule has 1 atom stereocenters. The molecule has 0 amide bonds. The van der Waals surface area contributed by atoms with E-state index >= 15 is 0 Å². The van der Waals surface area contributed by atoms with Crippen LogP contribution in [-0.4, -0.2) is 27.2 Å². The number of aromatic nitrogens is 2. The zero-order valence-corrected chi connectivity index (χ0v) is 19.3. The van der Waals surface area contributed by atoms with Crippen LogP contribution in [0.5, 0.6) is 5.88 Å². The van der Waals surface area contributed by atoms with Crippen LogP contribution >= 0.6 is 15.9 Å². The number of nitro groups is 1. The van der Waals surface area contributed by atoms with Crippen molar-refractivity contribution in [1.29, 1.82) is 0 Å². The molecule has 0 aliphatic rings. The van der Waals surface area contributed by atoms with Gasteiger partial charge in [-0.3, -0.25) is 10.1 Å². The molecule has 0 aliphatic carbocycles. The van der Waals surface area contributed by atoms with Gasteiger partial charge in [0, 0.05) is 9.40 Å². The van der Waals surface area contributed by atoms with E-state index in [1.807, 2.05) is 60.7 Å². The van der Waals surface area contributed by atoms with Gasteiger partial charge in [0.1, 0.15) is 0 Å². The summed E-state index contributed by atoms with van der Waals surface area (Å²) in [6.07, 6.45) is 0. The van der Waals surface area contributed by atoms with Crippen molar-refractivity contribution >= 4 is 21.9 Å². The van der Waals surface area contributed by atoms with E-state index in [1.54, 1.807) is 31.2 Å². The van der Waals surface area contributed by atoms with Crippen LogP contribution in [0.15, 0.2) is 89.4 Å². The van der Waals surface area contributed by atoms with E-state index in [1.165, 1.54) is 4.68 Å². The summed E-state index contributed by atoms with van der Waals surface area (Å²) in [7, 11) is 0. The Hall–Kier alpha value is -3.78. The first-order valence-corrected chi connectivity index (χ1v) is 11.0. The number of rotatable bonds is 7. The lowest BCUT2D eigenvalue weighted by molar-refractivity contribution is -0.481. The van der Waals surface area contributed by atoms with E-state index in [0.717, 1.165) is 5.56 Å². The first-order valence-electron chi connectivity index (χ1n) is 10.2. The van der Waals surface area contributed by atoms with Gasteiger partial charge in [-0.25, -0.2) is 9.48 Å². The van der Waals surface area contributed by atoms with Gasteiger partial charge in [0.2, 0.25) is 12.4 Å². The number of esters is 1. The molecule has 166 valence electrons. The number of halogens is 1. The van der Waals surface area contributed by atoms with Gasteiger partial charge in [0.05, 0.1) is 28.4 Å². The highest BCUT2D eigenvalue weighted by Gasteiger charge is 2.32. The Kier molecular flexibility index (Phi) is 6.65. The molecule has 0 saturated heterocycles. The van der Waals surface area contributed by atoms with Crippen molar-refractivity contribution in [3.63, 3.8) is 0 Å². The smallest absolute Gasteiger partial charge is 0.346 e. The molecule has 0 unspecified atom stereocenters. The topological polar surface area (TPSA) is 87.3 Å². The number of aryl methyl sites for hydroxylation is 1. The Bertz CT molecular complexity index is 1290. The minimum absolute atomic E-state index is 0.162. The van der Waals surface area contributed by atoms with E-state index in [0.29, 0.717) is 27.0 Å². The number of hydrogen-bond donors (Lipinski definition) is 0. The second kappa shape index (κ2) is 9.79. The van der Waals surface area contributed by atoms with Gasteiger partial charge < -0.3 is 4.74 Å². The molecule has 8 heteroatoms. The van der Waals surface area contributed by atoms with Crippen LogP contribution in [0.4, 0.5) is 0 Å². The van der Waals surface area contributed by atoms with Gasteiger partial charge in [0.25, 0.3) is 0 Å². The molecule has 4 aromatic rings. The van der Waals surface area contributed by atoms with Gasteiger partial charge in [-0.2, -0.15) is 5.10 Å². The maximum atomic E-state index is 13.1. The summed E-state index contributed by atoms with van der Waals surface area (Å²) in [5.41, 5.74) is 2.80. The first-order chi connectivity index (χ1) is 16.0. The summed E-state index contributed by atoms with van der Waals surface area (Å²) < 4.78 is 8.02. The number of carbonyl (C=O) groups is 1. The van der Waals surface area contributed by atoms with Crippen LogP contribution in [0.1, 0.15) is 33.1 Å². The fourth-order valence-electron chi connectivity index (χ4n) is 3.73. The molecule has 0 N–H and O–H groups in total. The molecule has 0 aliphatic heterocycles. The predicted octanol–water partition coefficient (Wildman–Crippen LogP) is 5.57. The molecule has 7 nitrogen and oxygen atoms in total. The second-order valence-corrected chi connectivity index (χ2v) is 8.25. The number of hydrogen-bond acceptors (Lipinski definition) is 5. The minimum Gasteiger partial charge on any atom is -0.403 e.